The van der Waals surface area contributed by atoms with Crippen molar-refractivity contribution in [3.63, 3.8) is 0 Å². The lowest BCUT2D eigenvalue weighted by Crippen LogP contribution is -2.31. The van der Waals surface area contributed by atoms with Gasteiger partial charge >= 0.3 is 0 Å². The number of aromatic nitrogens is 4. The van der Waals surface area contributed by atoms with Crippen molar-refractivity contribution in [2.75, 3.05) is 0 Å². The normalized spacial score (nSPS) is 17.8. The van der Waals surface area contributed by atoms with Crippen LogP contribution in [0.25, 0.3) is 33.3 Å². The summed E-state index contributed by atoms with van der Waals surface area (Å²) >= 11 is 0. The fourth-order valence-corrected chi connectivity index (χ4v) is 9.22. The first-order chi connectivity index (χ1) is 26.2. The van der Waals surface area contributed by atoms with Gasteiger partial charge in [0.2, 0.25) is 0 Å². The lowest BCUT2D eigenvalue weighted by Gasteiger charge is -2.41. The van der Waals surface area contributed by atoms with Crippen molar-refractivity contribution < 1.29 is 4.74 Å². The Morgan fingerprint density at radius 3 is 2.18 bits per heavy atom. The molecule has 0 spiro atoms. The van der Waals surface area contributed by atoms with E-state index >= 15 is 0 Å². The highest BCUT2D eigenvalue weighted by atomic mass is 16.5. The SMILES string of the molecule is Cc1nn(-c2cc(Oc3ccc4c5ccccc5n(-c5cc(CC(C)C)ccn5)c4c3)cc(C(C)C)c2)c(C)c1C1C(C(C)C)=C[C@H](C(C)C)C[C@@H]1C(C)C. The van der Waals surface area contributed by atoms with Gasteiger partial charge in [0.05, 0.1) is 22.4 Å². The molecule has 0 saturated heterocycles. The van der Waals surface area contributed by atoms with Gasteiger partial charge in [0, 0.05) is 46.3 Å². The van der Waals surface area contributed by atoms with Gasteiger partial charge in [-0.15, -0.1) is 0 Å². The molecule has 3 heterocycles. The molecule has 0 radical (unpaired) electrons. The third-order valence-electron chi connectivity index (χ3n) is 12.2. The number of rotatable bonds is 11. The van der Waals surface area contributed by atoms with Gasteiger partial charge in [-0.25, -0.2) is 9.67 Å². The summed E-state index contributed by atoms with van der Waals surface area (Å²) in [6.07, 6.45) is 6.81. The number of hydrogen-bond donors (Lipinski definition) is 0. The lowest BCUT2D eigenvalue weighted by molar-refractivity contribution is 0.232. The van der Waals surface area contributed by atoms with Gasteiger partial charge in [0.25, 0.3) is 0 Å². The summed E-state index contributed by atoms with van der Waals surface area (Å²) in [5.74, 6) is 6.68. The number of allylic oxidation sites excluding steroid dienone is 2. The molecule has 0 aliphatic heterocycles. The zero-order valence-corrected chi connectivity index (χ0v) is 35.3. The Bertz CT molecular complexity index is 2350. The summed E-state index contributed by atoms with van der Waals surface area (Å²) < 4.78 is 11.3. The molecule has 55 heavy (non-hydrogen) atoms. The second-order valence-electron chi connectivity index (χ2n) is 18.0. The smallest absolute Gasteiger partial charge is 0.137 e. The monoisotopic (exact) mass is 734 g/mol. The molecule has 0 N–H and O–H groups in total. The van der Waals surface area contributed by atoms with Crippen LogP contribution in [0.15, 0.2) is 90.6 Å². The Morgan fingerprint density at radius 1 is 0.745 bits per heavy atom. The highest BCUT2D eigenvalue weighted by molar-refractivity contribution is 6.09. The molecule has 1 aliphatic carbocycles. The first kappa shape index (κ1) is 38.6. The van der Waals surface area contributed by atoms with Gasteiger partial charge in [-0.2, -0.15) is 5.10 Å². The van der Waals surface area contributed by atoms with Crippen LogP contribution in [0.4, 0.5) is 0 Å². The van der Waals surface area contributed by atoms with Crippen LogP contribution in [-0.2, 0) is 6.42 Å². The van der Waals surface area contributed by atoms with Gasteiger partial charge in [0.15, 0.2) is 0 Å². The van der Waals surface area contributed by atoms with Crippen molar-refractivity contribution in [1.29, 1.82) is 0 Å². The Hall–Kier alpha value is -4.64. The molecule has 0 saturated carbocycles. The summed E-state index contributed by atoms with van der Waals surface area (Å²) in [6.45, 7) is 27.9. The summed E-state index contributed by atoms with van der Waals surface area (Å²) in [5, 5.41) is 7.69. The topological polar surface area (TPSA) is 44.9 Å². The molecule has 0 amide bonds. The van der Waals surface area contributed by atoms with E-state index in [-0.39, 0.29) is 0 Å². The summed E-state index contributed by atoms with van der Waals surface area (Å²) in [4.78, 5) is 4.88. The molecular formula is C50H62N4O. The average Bonchev–Trinajstić information content (AvgIpc) is 3.62. The van der Waals surface area contributed by atoms with E-state index < -0.39 is 0 Å². The molecule has 7 rings (SSSR count). The van der Waals surface area contributed by atoms with Gasteiger partial charge in [-0.05, 0) is 122 Å². The Balaban J connectivity index is 1.31. The maximum absolute atomic E-state index is 6.84. The zero-order valence-electron chi connectivity index (χ0n) is 35.3. The number of benzene rings is 3. The minimum absolute atomic E-state index is 0.319. The maximum atomic E-state index is 6.84. The number of pyridine rings is 1. The predicted molar refractivity (Wildman–Crippen MR) is 231 cm³/mol. The van der Waals surface area contributed by atoms with Crippen molar-refractivity contribution in [3.8, 4) is 23.0 Å². The van der Waals surface area contributed by atoms with E-state index in [0.29, 0.717) is 47.3 Å². The van der Waals surface area contributed by atoms with Crippen molar-refractivity contribution in [3.05, 3.63) is 119 Å². The number of nitrogens with zero attached hydrogens (tertiary/aromatic N) is 4. The quantitative estimate of drug-likeness (QED) is 0.125. The highest BCUT2D eigenvalue weighted by Crippen LogP contribution is 2.50. The summed E-state index contributed by atoms with van der Waals surface area (Å²) in [5.41, 5.74) is 11.1. The molecule has 3 aromatic heterocycles. The van der Waals surface area contributed by atoms with Gasteiger partial charge in [-0.1, -0.05) is 99.1 Å². The molecule has 1 unspecified atom stereocenters. The maximum Gasteiger partial charge on any atom is 0.137 e. The average molecular weight is 735 g/mol. The van der Waals surface area contributed by atoms with Crippen LogP contribution >= 0.6 is 0 Å². The van der Waals surface area contributed by atoms with Crippen molar-refractivity contribution >= 4 is 21.8 Å². The first-order valence-electron chi connectivity index (χ1n) is 20.8. The van der Waals surface area contributed by atoms with Crippen LogP contribution in [0.2, 0.25) is 0 Å². The fourth-order valence-electron chi connectivity index (χ4n) is 9.22. The van der Waals surface area contributed by atoms with E-state index in [0.717, 1.165) is 46.2 Å². The van der Waals surface area contributed by atoms with Crippen LogP contribution in [0.5, 0.6) is 11.5 Å². The van der Waals surface area contributed by atoms with Crippen LogP contribution in [-0.4, -0.2) is 19.3 Å². The van der Waals surface area contributed by atoms with Crippen LogP contribution < -0.4 is 4.74 Å². The minimum Gasteiger partial charge on any atom is -0.457 e. The molecule has 5 heteroatoms. The third kappa shape index (κ3) is 7.52. The lowest BCUT2D eigenvalue weighted by atomic mass is 9.63. The molecule has 0 bridgehead atoms. The number of hydrogen-bond acceptors (Lipinski definition) is 3. The predicted octanol–water partition coefficient (Wildman–Crippen LogP) is 13.7. The van der Waals surface area contributed by atoms with Gasteiger partial charge in [0.1, 0.15) is 17.3 Å². The van der Waals surface area contributed by atoms with E-state index in [2.05, 4.69) is 171 Å². The van der Waals surface area contributed by atoms with E-state index in [4.69, 9.17) is 14.8 Å². The molecule has 6 aromatic rings. The Labute approximate surface area is 329 Å². The molecule has 3 atom stereocenters. The Morgan fingerprint density at radius 2 is 1.49 bits per heavy atom. The summed E-state index contributed by atoms with van der Waals surface area (Å²) in [7, 11) is 0. The van der Waals surface area contributed by atoms with Crippen LogP contribution in [0.1, 0.15) is 116 Å². The minimum atomic E-state index is 0.319. The largest absolute Gasteiger partial charge is 0.457 e. The number of fused-ring (bicyclic) bond motifs is 3. The zero-order chi connectivity index (χ0) is 39.3. The molecule has 0 fully saturated rings. The van der Waals surface area contributed by atoms with E-state index in [9.17, 15) is 0 Å². The summed E-state index contributed by atoms with van der Waals surface area (Å²) in [6, 6.07) is 26.1. The first-order valence-corrected chi connectivity index (χ1v) is 20.8. The van der Waals surface area contributed by atoms with E-state index in [1.807, 2.05) is 6.20 Å². The van der Waals surface area contributed by atoms with Crippen LogP contribution in [0, 0.1) is 49.4 Å². The van der Waals surface area contributed by atoms with Crippen molar-refractivity contribution in [2.45, 2.75) is 108 Å². The Kier molecular flexibility index (Phi) is 10.9. The van der Waals surface area contributed by atoms with E-state index in [1.54, 1.807) is 5.57 Å². The molecule has 5 nitrogen and oxygen atoms in total. The highest BCUT2D eigenvalue weighted by Gasteiger charge is 2.39. The molecule has 288 valence electrons. The fraction of sp³-hybridized carbons (Fsp3) is 0.440. The molecule has 3 aromatic carbocycles. The van der Waals surface area contributed by atoms with Gasteiger partial charge < -0.3 is 4.74 Å². The third-order valence-corrected chi connectivity index (χ3v) is 12.2. The standard InChI is InChI=1S/C50H62N4O/c1-29(2)21-36-19-20-51-48(22-36)53-46-16-14-13-15-42(46)43-18-17-40(28-47(43)53)55-41-24-37(30(3)4)23-39(27-41)54-35(12)49(34(11)52-54)50-44(32(7)8)25-38(31(5)6)26-45(50)33(9)10/h13-20,22-25,27-33,38,45,50H,21,26H2,1-12H3/t38-,45+,50?/m0/s1. The number of para-hydroxylation sites is 1. The van der Waals surface area contributed by atoms with Gasteiger partial charge in [-0.3, -0.25) is 4.57 Å². The second kappa shape index (κ2) is 15.5. The van der Waals surface area contributed by atoms with Crippen molar-refractivity contribution in [2.24, 2.45) is 35.5 Å². The van der Waals surface area contributed by atoms with E-state index in [1.165, 1.54) is 39.6 Å². The molecule has 1 aliphatic rings. The molecular weight excluding hydrogens is 673 g/mol. The van der Waals surface area contributed by atoms with Crippen molar-refractivity contribution in [1.82, 2.24) is 19.3 Å². The van der Waals surface area contributed by atoms with Crippen LogP contribution in [0.3, 0.4) is 0 Å². The second-order valence-corrected chi connectivity index (χ2v) is 18.0. The number of aryl methyl sites for hydroxylation is 1. The number of ether oxygens (including phenoxy) is 1.